The second kappa shape index (κ2) is 10.4. The van der Waals surface area contributed by atoms with Gasteiger partial charge in [-0.25, -0.2) is 8.42 Å². The number of furan rings is 1. The molecule has 1 aromatic heterocycles. The van der Waals surface area contributed by atoms with Crippen molar-refractivity contribution in [2.24, 2.45) is 0 Å². The van der Waals surface area contributed by atoms with Crippen molar-refractivity contribution in [1.82, 2.24) is 10.6 Å². The summed E-state index contributed by atoms with van der Waals surface area (Å²) in [4.78, 5) is 28.9. The van der Waals surface area contributed by atoms with Crippen LogP contribution in [0.1, 0.15) is 49.1 Å². The van der Waals surface area contributed by atoms with Gasteiger partial charge in [0.15, 0.2) is 15.6 Å². The number of para-hydroxylation sites is 2. The lowest BCUT2D eigenvalue weighted by molar-refractivity contribution is -0.130. The minimum atomic E-state index is -3.44. The van der Waals surface area contributed by atoms with Crippen LogP contribution < -0.4 is 15.5 Å². The van der Waals surface area contributed by atoms with E-state index in [0.29, 0.717) is 37.1 Å². The Morgan fingerprint density at radius 1 is 1.05 bits per heavy atom. The van der Waals surface area contributed by atoms with Crippen molar-refractivity contribution in [3.63, 3.8) is 0 Å². The molecule has 38 heavy (non-hydrogen) atoms. The number of piperidine rings is 1. The number of aliphatic hydroxyl groups excluding tert-OH is 1. The van der Waals surface area contributed by atoms with Crippen molar-refractivity contribution in [2.75, 3.05) is 24.2 Å². The van der Waals surface area contributed by atoms with Gasteiger partial charge in [-0.1, -0.05) is 49.6 Å². The van der Waals surface area contributed by atoms with E-state index in [1.54, 1.807) is 36.4 Å². The van der Waals surface area contributed by atoms with Crippen LogP contribution >= 0.6 is 0 Å². The molecule has 5 rings (SSSR count). The number of carbonyl (C=O) groups is 2. The predicted molar refractivity (Wildman–Crippen MR) is 144 cm³/mol. The van der Waals surface area contributed by atoms with Gasteiger partial charge >= 0.3 is 0 Å². The second-order valence-electron chi connectivity index (χ2n) is 10.4. The fraction of sp³-hybridized carbons (Fsp3) is 0.429. The number of anilines is 1. The Kier molecular flexibility index (Phi) is 7.19. The molecule has 2 heterocycles. The largest absolute Gasteiger partial charge is 0.451 e. The van der Waals surface area contributed by atoms with Crippen LogP contribution in [-0.2, 0) is 14.6 Å². The summed E-state index contributed by atoms with van der Waals surface area (Å²) in [6.07, 6.45) is 4.27. The molecule has 3 aromatic rings. The van der Waals surface area contributed by atoms with Crippen LogP contribution in [0.15, 0.2) is 63.9 Å². The summed E-state index contributed by atoms with van der Waals surface area (Å²) in [7, 11) is -3.44. The molecule has 2 aromatic carbocycles. The topological polar surface area (TPSA) is 129 Å². The summed E-state index contributed by atoms with van der Waals surface area (Å²) in [6, 6.07) is 15.2. The molecule has 1 aliphatic carbocycles. The number of nitrogens with zero attached hydrogens (tertiary/aromatic N) is 1. The maximum atomic E-state index is 13.6. The standard InChI is InChI=1S/C28H33N3O6S/c1-38(35,36)25-12-6-4-10-21(25)31-16-13-20(22(32)18-31)29-27(34)28(14-7-2-8-15-28)30-26(33)24-17-19-9-3-5-11-23(19)37-24/h3-6,9-12,17,20,22,32H,2,7-8,13-16,18H2,1H3,(H,29,34)(H,30,33). The Bertz CT molecular complexity index is 1410. The van der Waals surface area contributed by atoms with Crippen molar-refractivity contribution in [1.29, 1.82) is 0 Å². The van der Waals surface area contributed by atoms with Crippen molar-refractivity contribution in [2.45, 2.75) is 61.1 Å². The van der Waals surface area contributed by atoms with E-state index in [1.165, 1.54) is 6.26 Å². The molecular weight excluding hydrogens is 506 g/mol. The van der Waals surface area contributed by atoms with Crippen LogP contribution in [0.3, 0.4) is 0 Å². The molecule has 0 bridgehead atoms. The quantitative estimate of drug-likeness (QED) is 0.439. The first kappa shape index (κ1) is 26.2. The van der Waals surface area contributed by atoms with E-state index < -0.39 is 33.4 Å². The lowest BCUT2D eigenvalue weighted by atomic mass is 9.80. The highest BCUT2D eigenvalue weighted by atomic mass is 32.2. The van der Waals surface area contributed by atoms with Crippen LogP contribution in [0.2, 0.25) is 0 Å². The average molecular weight is 540 g/mol. The van der Waals surface area contributed by atoms with E-state index in [2.05, 4.69) is 10.6 Å². The molecule has 2 unspecified atom stereocenters. The molecule has 2 fully saturated rings. The van der Waals surface area contributed by atoms with Crippen molar-refractivity contribution in [3.05, 3.63) is 60.4 Å². The summed E-state index contributed by atoms with van der Waals surface area (Å²) < 4.78 is 30.2. The summed E-state index contributed by atoms with van der Waals surface area (Å²) in [5.74, 6) is -0.594. The van der Waals surface area contributed by atoms with Crippen molar-refractivity contribution >= 4 is 38.3 Å². The van der Waals surface area contributed by atoms with Gasteiger partial charge in [-0.2, -0.15) is 0 Å². The number of rotatable bonds is 6. The zero-order valence-corrected chi connectivity index (χ0v) is 22.2. The lowest BCUT2D eigenvalue weighted by Crippen LogP contribution is -2.64. The fourth-order valence-electron chi connectivity index (χ4n) is 5.59. The first-order valence-corrected chi connectivity index (χ1v) is 14.9. The number of hydrogen-bond donors (Lipinski definition) is 3. The third-order valence-corrected chi connectivity index (χ3v) is 8.79. The first-order valence-electron chi connectivity index (χ1n) is 13.0. The summed E-state index contributed by atoms with van der Waals surface area (Å²) >= 11 is 0. The maximum Gasteiger partial charge on any atom is 0.287 e. The number of hydrogen-bond acceptors (Lipinski definition) is 7. The number of aliphatic hydroxyl groups is 1. The van der Waals surface area contributed by atoms with Crippen LogP contribution in [0, 0.1) is 0 Å². The summed E-state index contributed by atoms with van der Waals surface area (Å²) in [5.41, 5.74) is 0.0569. The molecule has 10 heteroatoms. The molecule has 202 valence electrons. The monoisotopic (exact) mass is 539 g/mol. The van der Waals surface area contributed by atoms with Crippen molar-refractivity contribution < 1.29 is 27.5 Å². The van der Waals surface area contributed by atoms with Gasteiger partial charge in [-0.05, 0) is 43.5 Å². The normalized spacial score (nSPS) is 21.7. The molecule has 1 saturated heterocycles. The Labute approximate surface area is 222 Å². The molecule has 0 spiro atoms. The average Bonchev–Trinajstić information content (AvgIpc) is 3.34. The Morgan fingerprint density at radius 2 is 1.76 bits per heavy atom. The molecule has 3 N–H and O–H groups in total. The molecule has 0 radical (unpaired) electrons. The highest BCUT2D eigenvalue weighted by molar-refractivity contribution is 7.90. The van der Waals surface area contributed by atoms with Gasteiger partial charge < -0.3 is 25.1 Å². The molecule has 2 aliphatic rings. The van der Waals surface area contributed by atoms with Gasteiger partial charge in [-0.15, -0.1) is 0 Å². The molecule has 1 aliphatic heterocycles. The number of benzene rings is 2. The predicted octanol–water partition coefficient (Wildman–Crippen LogP) is 3.03. The Morgan fingerprint density at radius 3 is 2.47 bits per heavy atom. The van der Waals surface area contributed by atoms with Crippen LogP contribution in [0.25, 0.3) is 11.0 Å². The van der Waals surface area contributed by atoms with E-state index in [-0.39, 0.29) is 23.1 Å². The number of fused-ring (bicyclic) bond motifs is 1. The van der Waals surface area contributed by atoms with E-state index in [4.69, 9.17) is 4.42 Å². The van der Waals surface area contributed by atoms with E-state index in [1.807, 2.05) is 23.1 Å². The summed E-state index contributed by atoms with van der Waals surface area (Å²) in [6.45, 7) is 0.642. The molecule has 9 nitrogen and oxygen atoms in total. The van der Waals surface area contributed by atoms with Gasteiger partial charge in [0.25, 0.3) is 5.91 Å². The second-order valence-corrected chi connectivity index (χ2v) is 12.4. The maximum absolute atomic E-state index is 13.6. The van der Waals surface area contributed by atoms with Crippen LogP contribution in [-0.4, -0.2) is 62.4 Å². The zero-order chi connectivity index (χ0) is 26.9. The van der Waals surface area contributed by atoms with Gasteiger partial charge in [0.05, 0.1) is 22.7 Å². The first-order chi connectivity index (χ1) is 18.2. The number of amides is 2. The van der Waals surface area contributed by atoms with Crippen LogP contribution in [0.5, 0.6) is 0 Å². The molecular formula is C28H33N3O6S. The minimum absolute atomic E-state index is 0.154. The Hall–Kier alpha value is -3.37. The fourth-order valence-corrected chi connectivity index (χ4v) is 6.50. The van der Waals surface area contributed by atoms with Crippen LogP contribution in [0.4, 0.5) is 5.69 Å². The van der Waals surface area contributed by atoms with E-state index in [9.17, 15) is 23.1 Å². The summed E-state index contributed by atoms with van der Waals surface area (Å²) in [5, 5.41) is 17.7. The van der Waals surface area contributed by atoms with Gasteiger partial charge in [0.1, 0.15) is 11.1 Å². The SMILES string of the molecule is CS(=O)(=O)c1ccccc1N1CCC(NC(=O)C2(NC(=O)c3cc4ccccc4o3)CCCCC2)C(O)C1. The number of nitrogens with one attached hydrogen (secondary N) is 2. The number of carbonyl (C=O) groups excluding carboxylic acids is 2. The third kappa shape index (κ3) is 5.28. The lowest BCUT2D eigenvalue weighted by Gasteiger charge is -2.41. The van der Waals surface area contributed by atoms with Gasteiger partial charge in [0, 0.05) is 24.7 Å². The van der Waals surface area contributed by atoms with E-state index >= 15 is 0 Å². The van der Waals surface area contributed by atoms with E-state index in [0.717, 1.165) is 24.6 Å². The van der Waals surface area contributed by atoms with Gasteiger partial charge in [-0.3, -0.25) is 9.59 Å². The van der Waals surface area contributed by atoms with Crippen molar-refractivity contribution in [3.8, 4) is 0 Å². The van der Waals surface area contributed by atoms with Gasteiger partial charge in [0.2, 0.25) is 5.91 Å². The minimum Gasteiger partial charge on any atom is -0.451 e. The molecule has 1 saturated carbocycles. The number of sulfone groups is 1. The zero-order valence-electron chi connectivity index (χ0n) is 21.4. The third-order valence-electron chi connectivity index (χ3n) is 7.65. The highest BCUT2D eigenvalue weighted by Gasteiger charge is 2.43. The smallest absolute Gasteiger partial charge is 0.287 e. The molecule has 2 atom stereocenters. The molecule has 2 amide bonds. The highest BCUT2D eigenvalue weighted by Crippen LogP contribution is 2.31. The Balaban J connectivity index is 1.29. The number of β-amino-alcohol motifs (C(OH)–C–C–N with tert-alkyl or cyclic N) is 1.